The number of aryl methyl sites for hydroxylation is 1. The van der Waals surface area contributed by atoms with Gasteiger partial charge in [0.1, 0.15) is 5.82 Å². The molecule has 3 rings (SSSR count). The fourth-order valence-corrected chi connectivity index (χ4v) is 3.66. The number of hydrogen-bond donors (Lipinski definition) is 1. The summed E-state index contributed by atoms with van der Waals surface area (Å²) < 4.78 is 14.8. The van der Waals surface area contributed by atoms with Crippen molar-refractivity contribution in [2.45, 2.75) is 14.9 Å². The normalized spacial score (nSPS) is 10.6. The molecule has 0 unspecified atom stereocenters. The third kappa shape index (κ3) is 4.87. The van der Waals surface area contributed by atoms with Gasteiger partial charge in [-0.15, -0.1) is 11.8 Å². The SMILES string of the molecule is Cn1ccnc1Sc1ccccc1NC(=O)CSc1ccc(F)cc1. The number of halogens is 1. The van der Waals surface area contributed by atoms with Gasteiger partial charge >= 0.3 is 0 Å². The van der Waals surface area contributed by atoms with Gasteiger partial charge in [0.05, 0.1) is 11.4 Å². The Kier molecular flexibility index (Phi) is 5.78. The van der Waals surface area contributed by atoms with Crippen molar-refractivity contribution in [2.24, 2.45) is 7.05 Å². The summed E-state index contributed by atoms with van der Waals surface area (Å²) in [4.78, 5) is 18.3. The molecule has 1 heterocycles. The van der Waals surface area contributed by atoms with Crippen LogP contribution in [0, 0.1) is 5.82 Å². The molecule has 7 heteroatoms. The van der Waals surface area contributed by atoms with Gasteiger partial charge in [-0.3, -0.25) is 4.79 Å². The zero-order valence-electron chi connectivity index (χ0n) is 13.5. The van der Waals surface area contributed by atoms with Crippen LogP contribution in [0.25, 0.3) is 0 Å². The predicted octanol–water partition coefficient (Wildman–Crippen LogP) is 4.44. The van der Waals surface area contributed by atoms with Crippen LogP contribution in [0.3, 0.4) is 0 Å². The number of anilines is 1. The van der Waals surface area contributed by atoms with Crippen LogP contribution in [0.15, 0.2) is 75.9 Å². The maximum atomic E-state index is 12.9. The molecule has 0 aliphatic carbocycles. The quantitative estimate of drug-likeness (QED) is 0.649. The minimum Gasteiger partial charge on any atom is -0.329 e. The van der Waals surface area contributed by atoms with Crippen LogP contribution in [0.2, 0.25) is 0 Å². The highest BCUT2D eigenvalue weighted by Gasteiger charge is 2.10. The molecule has 25 heavy (non-hydrogen) atoms. The molecule has 1 N–H and O–H groups in total. The summed E-state index contributed by atoms with van der Waals surface area (Å²) in [6.07, 6.45) is 3.62. The number of thioether (sulfide) groups is 1. The highest BCUT2D eigenvalue weighted by molar-refractivity contribution is 8.00. The third-order valence-electron chi connectivity index (χ3n) is 3.32. The number of amides is 1. The molecule has 0 aliphatic rings. The van der Waals surface area contributed by atoms with E-state index in [2.05, 4.69) is 10.3 Å². The Bertz CT molecular complexity index is 865. The average Bonchev–Trinajstić information content (AvgIpc) is 3.01. The van der Waals surface area contributed by atoms with Gasteiger partial charge in [-0.05, 0) is 48.2 Å². The molecular formula is C18H16FN3OS2. The Morgan fingerprint density at radius 1 is 1.20 bits per heavy atom. The molecule has 0 saturated carbocycles. The van der Waals surface area contributed by atoms with Crippen molar-refractivity contribution < 1.29 is 9.18 Å². The molecule has 3 aromatic rings. The standard InChI is InChI=1S/C18H16FN3OS2/c1-22-11-10-20-18(22)25-16-5-3-2-4-15(16)21-17(23)12-24-14-8-6-13(19)7-9-14/h2-11H,12H2,1H3,(H,21,23). The predicted molar refractivity (Wildman–Crippen MR) is 99.5 cm³/mol. The van der Waals surface area contributed by atoms with Crippen LogP contribution in [-0.4, -0.2) is 21.2 Å². The summed E-state index contributed by atoms with van der Waals surface area (Å²) in [5.41, 5.74) is 0.750. The van der Waals surface area contributed by atoms with Crippen molar-refractivity contribution >= 4 is 35.1 Å². The number of carbonyl (C=O) groups is 1. The Morgan fingerprint density at radius 2 is 1.96 bits per heavy atom. The van der Waals surface area contributed by atoms with E-state index in [0.29, 0.717) is 0 Å². The smallest absolute Gasteiger partial charge is 0.234 e. The van der Waals surface area contributed by atoms with Gasteiger partial charge in [0.15, 0.2) is 5.16 Å². The van der Waals surface area contributed by atoms with Crippen molar-refractivity contribution in [2.75, 3.05) is 11.1 Å². The summed E-state index contributed by atoms with van der Waals surface area (Å²) in [7, 11) is 1.93. The first kappa shape index (κ1) is 17.6. The lowest BCUT2D eigenvalue weighted by molar-refractivity contribution is -0.113. The van der Waals surface area contributed by atoms with Crippen LogP contribution in [0.5, 0.6) is 0 Å². The molecule has 1 amide bonds. The van der Waals surface area contributed by atoms with Crippen LogP contribution in [0.1, 0.15) is 0 Å². The summed E-state index contributed by atoms with van der Waals surface area (Å²) in [5.74, 6) is -0.135. The lowest BCUT2D eigenvalue weighted by Crippen LogP contribution is -2.14. The number of imidazole rings is 1. The zero-order valence-corrected chi connectivity index (χ0v) is 15.1. The molecule has 2 aromatic carbocycles. The van der Waals surface area contributed by atoms with E-state index in [1.54, 1.807) is 18.3 Å². The fourth-order valence-electron chi connectivity index (χ4n) is 2.07. The van der Waals surface area contributed by atoms with Gasteiger partial charge in [-0.1, -0.05) is 12.1 Å². The summed E-state index contributed by atoms with van der Waals surface area (Å²) >= 11 is 2.86. The van der Waals surface area contributed by atoms with Crippen molar-refractivity contribution in [3.05, 3.63) is 66.7 Å². The lowest BCUT2D eigenvalue weighted by atomic mass is 10.3. The third-order valence-corrected chi connectivity index (χ3v) is 5.49. The van der Waals surface area contributed by atoms with Crippen molar-refractivity contribution in [3.63, 3.8) is 0 Å². The zero-order chi connectivity index (χ0) is 17.6. The van der Waals surface area contributed by atoms with E-state index in [4.69, 9.17) is 0 Å². The molecular weight excluding hydrogens is 357 g/mol. The molecule has 0 radical (unpaired) electrons. The van der Waals surface area contributed by atoms with Gasteiger partial charge in [0.2, 0.25) is 5.91 Å². The Morgan fingerprint density at radius 3 is 2.68 bits per heavy atom. The first-order valence-corrected chi connectivity index (χ1v) is 9.34. The number of aromatic nitrogens is 2. The van der Waals surface area contributed by atoms with Crippen molar-refractivity contribution in [1.82, 2.24) is 9.55 Å². The molecule has 0 aliphatic heterocycles. The number of rotatable bonds is 6. The largest absolute Gasteiger partial charge is 0.329 e. The van der Waals surface area contributed by atoms with Gasteiger partial charge in [0, 0.05) is 29.2 Å². The highest BCUT2D eigenvalue weighted by atomic mass is 32.2. The Labute approximate surface area is 153 Å². The van der Waals surface area contributed by atoms with Crippen LogP contribution < -0.4 is 5.32 Å². The molecule has 128 valence electrons. The number of nitrogens with one attached hydrogen (secondary N) is 1. The van der Waals surface area contributed by atoms with E-state index in [1.165, 1.54) is 35.7 Å². The maximum absolute atomic E-state index is 12.9. The number of para-hydroxylation sites is 1. The van der Waals surface area contributed by atoms with Crippen molar-refractivity contribution in [1.29, 1.82) is 0 Å². The molecule has 0 spiro atoms. The van der Waals surface area contributed by atoms with E-state index < -0.39 is 0 Å². The highest BCUT2D eigenvalue weighted by Crippen LogP contribution is 2.32. The maximum Gasteiger partial charge on any atom is 0.234 e. The number of carbonyl (C=O) groups excluding carboxylic acids is 1. The number of hydrogen-bond acceptors (Lipinski definition) is 4. The summed E-state index contributed by atoms with van der Waals surface area (Å²) in [6.45, 7) is 0. The van der Waals surface area contributed by atoms with Crippen LogP contribution in [-0.2, 0) is 11.8 Å². The van der Waals surface area contributed by atoms with E-state index in [9.17, 15) is 9.18 Å². The van der Waals surface area contributed by atoms with Crippen LogP contribution >= 0.6 is 23.5 Å². The Hall–Kier alpha value is -2.25. The summed E-state index contributed by atoms with van der Waals surface area (Å²) in [5, 5.41) is 3.78. The monoisotopic (exact) mass is 373 g/mol. The van der Waals surface area contributed by atoms with E-state index in [-0.39, 0.29) is 17.5 Å². The minimum atomic E-state index is -0.283. The second kappa shape index (κ2) is 8.22. The second-order valence-corrected chi connectivity index (χ2v) is 7.27. The second-order valence-electron chi connectivity index (χ2n) is 5.21. The van der Waals surface area contributed by atoms with Crippen molar-refractivity contribution in [3.8, 4) is 0 Å². The fraction of sp³-hybridized carbons (Fsp3) is 0.111. The van der Waals surface area contributed by atoms with E-state index >= 15 is 0 Å². The molecule has 0 saturated heterocycles. The van der Waals surface area contributed by atoms with Gasteiger partial charge in [-0.2, -0.15) is 0 Å². The molecule has 4 nitrogen and oxygen atoms in total. The van der Waals surface area contributed by atoms with E-state index in [0.717, 1.165) is 20.6 Å². The lowest BCUT2D eigenvalue weighted by Gasteiger charge is -2.10. The van der Waals surface area contributed by atoms with Gasteiger partial charge in [0.25, 0.3) is 0 Å². The topological polar surface area (TPSA) is 46.9 Å². The van der Waals surface area contributed by atoms with Gasteiger partial charge in [-0.25, -0.2) is 9.37 Å². The number of nitrogens with zero attached hydrogens (tertiary/aromatic N) is 2. The average molecular weight is 373 g/mol. The first-order chi connectivity index (χ1) is 12.1. The van der Waals surface area contributed by atoms with Crippen LogP contribution in [0.4, 0.5) is 10.1 Å². The number of benzene rings is 2. The minimum absolute atomic E-state index is 0.109. The van der Waals surface area contributed by atoms with E-state index in [1.807, 2.05) is 42.1 Å². The molecule has 0 fully saturated rings. The molecule has 0 bridgehead atoms. The van der Waals surface area contributed by atoms with Gasteiger partial charge < -0.3 is 9.88 Å². The molecule has 0 atom stereocenters. The molecule has 1 aromatic heterocycles. The first-order valence-electron chi connectivity index (χ1n) is 7.54. The Balaban J connectivity index is 1.63. The summed E-state index contributed by atoms with van der Waals surface area (Å²) in [6, 6.07) is 13.7.